The second-order valence-electron chi connectivity index (χ2n) is 4.76. The van der Waals surface area contributed by atoms with Gasteiger partial charge in [-0.2, -0.15) is 4.98 Å². The van der Waals surface area contributed by atoms with Crippen molar-refractivity contribution in [2.75, 3.05) is 0 Å². The summed E-state index contributed by atoms with van der Waals surface area (Å²) in [5.74, 6) is 1.90. The molecule has 19 heavy (non-hydrogen) atoms. The zero-order valence-electron chi connectivity index (χ0n) is 10.3. The number of nitrogens with zero attached hydrogens (tertiary/aromatic N) is 2. The van der Waals surface area contributed by atoms with E-state index in [0.29, 0.717) is 17.5 Å². The Hall–Kier alpha value is -1.04. The van der Waals surface area contributed by atoms with E-state index in [9.17, 15) is 0 Å². The molecule has 0 amide bonds. The average Bonchev–Trinajstić information content (AvgIpc) is 2.84. The van der Waals surface area contributed by atoms with Crippen LogP contribution in [-0.4, -0.2) is 10.1 Å². The zero-order valence-corrected chi connectivity index (χ0v) is 11.9. The molecule has 0 bridgehead atoms. The highest BCUT2D eigenvalue weighted by Crippen LogP contribution is 2.37. The van der Waals surface area contributed by atoms with E-state index < -0.39 is 0 Å². The Morgan fingerprint density at radius 2 is 2.05 bits per heavy atom. The third kappa shape index (κ3) is 2.78. The molecule has 1 aliphatic rings. The molecule has 0 atom stereocenters. The monoisotopic (exact) mass is 295 g/mol. The molecule has 0 unspecified atom stereocenters. The SMILES string of the molecule is NC1(c2noc(CSc3ccc(Cl)cc3)n2)CCC1. The highest BCUT2D eigenvalue weighted by molar-refractivity contribution is 7.98. The summed E-state index contributed by atoms with van der Waals surface area (Å²) < 4.78 is 5.24. The van der Waals surface area contributed by atoms with Crippen molar-refractivity contribution in [3.8, 4) is 0 Å². The van der Waals surface area contributed by atoms with Crippen LogP contribution in [0.2, 0.25) is 5.02 Å². The lowest BCUT2D eigenvalue weighted by atomic mass is 9.77. The van der Waals surface area contributed by atoms with Crippen molar-refractivity contribution in [1.29, 1.82) is 0 Å². The molecule has 6 heteroatoms. The molecule has 4 nitrogen and oxygen atoms in total. The van der Waals surface area contributed by atoms with Gasteiger partial charge in [-0.15, -0.1) is 11.8 Å². The average molecular weight is 296 g/mol. The topological polar surface area (TPSA) is 64.9 Å². The highest BCUT2D eigenvalue weighted by Gasteiger charge is 2.38. The van der Waals surface area contributed by atoms with Crippen LogP contribution < -0.4 is 5.73 Å². The Bertz CT molecular complexity index is 566. The van der Waals surface area contributed by atoms with Crippen LogP contribution in [0.5, 0.6) is 0 Å². The molecular formula is C13H14ClN3OS. The number of hydrogen-bond donors (Lipinski definition) is 1. The minimum absolute atomic E-state index is 0.354. The minimum atomic E-state index is -0.354. The largest absolute Gasteiger partial charge is 0.338 e. The van der Waals surface area contributed by atoms with E-state index in [0.717, 1.165) is 29.2 Å². The standard InChI is InChI=1S/C13H14ClN3OS/c14-9-2-4-10(5-3-9)19-8-11-16-12(17-18-11)13(15)6-1-7-13/h2-5H,1,6-8,15H2. The van der Waals surface area contributed by atoms with E-state index in [1.165, 1.54) is 0 Å². The van der Waals surface area contributed by atoms with Crippen LogP contribution in [0.25, 0.3) is 0 Å². The number of rotatable bonds is 4. The fraction of sp³-hybridized carbons (Fsp3) is 0.385. The first-order valence-corrected chi connectivity index (χ1v) is 7.52. The molecule has 0 saturated heterocycles. The Labute approximate surface area is 120 Å². The molecule has 1 saturated carbocycles. The number of hydrogen-bond acceptors (Lipinski definition) is 5. The summed E-state index contributed by atoms with van der Waals surface area (Å²) in [4.78, 5) is 5.51. The van der Waals surface area contributed by atoms with E-state index in [-0.39, 0.29) is 5.54 Å². The van der Waals surface area contributed by atoms with Gasteiger partial charge in [-0.1, -0.05) is 16.8 Å². The van der Waals surface area contributed by atoms with Crippen molar-refractivity contribution in [2.24, 2.45) is 5.73 Å². The van der Waals surface area contributed by atoms with Gasteiger partial charge in [-0.25, -0.2) is 0 Å². The van der Waals surface area contributed by atoms with E-state index in [1.807, 2.05) is 24.3 Å². The Balaban J connectivity index is 1.63. The summed E-state index contributed by atoms with van der Waals surface area (Å²) in [6.07, 6.45) is 3.02. The van der Waals surface area contributed by atoms with Crippen LogP contribution in [0, 0.1) is 0 Å². The van der Waals surface area contributed by atoms with Crippen LogP contribution >= 0.6 is 23.4 Å². The lowest BCUT2D eigenvalue weighted by molar-refractivity contribution is 0.229. The first-order chi connectivity index (χ1) is 9.16. The van der Waals surface area contributed by atoms with Gasteiger partial charge in [0.25, 0.3) is 0 Å². The maximum atomic E-state index is 6.15. The van der Waals surface area contributed by atoms with Gasteiger partial charge in [0, 0.05) is 9.92 Å². The first-order valence-electron chi connectivity index (χ1n) is 6.16. The van der Waals surface area contributed by atoms with Crippen LogP contribution in [0.15, 0.2) is 33.7 Å². The molecule has 3 rings (SSSR count). The van der Waals surface area contributed by atoms with Crippen molar-refractivity contribution >= 4 is 23.4 Å². The summed E-state index contributed by atoms with van der Waals surface area (Å²) in [7, 11) is 0. The zero-order chi connectivity index (χ0) is 13.3. The summed E-state index contributed by atoms with van der Waals surface area (Å²) in [6, 6.07) is 7.68. The molecule has 2 aromatic rings. The van der Waals surface area contributed by atoms with Crippen molar-refractivity contribution in [2.45, 2.75) is 35.4 Å². The fourth-order valence-corrected chi connectivity index (χ4v) is 2.83. The third-order valence-corrected chi connectivity index (χ3v) is 4.58. The molecule has 0 radical (unpaired) electrons. The third-order valence-electron chi connectivity index (χ3n) is 3.34. The molecule has 0 spiro atoms. The van der Waals surface area contributed by atoms with Crippen molar-refractivity contribution in [3.63, 3.8) is 0 Å². The minimum Gasteiger partial charge on any atom is -0.338 e. The van der Waals surface area contributed by atoms with Gasteiger partial charge < -0.3 is 10.3 Å². The molecule has 100 valence electrons. The van der Waals surface area contributed by atoms with Gasteiger partial charge in [0.15, 0.2) is 5.82 Å². The summed E-state index contributed by atoms with van der Waals surface area (Å²) in [5, 5.41) is 4.73. The molecule has 1 aromatic carbocycles. The number of thioether (sulfide) groups is 1. The van der Waals surface area contributed by atoms with Gasteiger partial charge >= 0.3 is 0 Å². The molecule has 1 fully saturated rings. The lowest BCUT2D eigenvalue weighted by Crippen LogP contribution is -2.44. The summed E-state index contributed by atoms with van der Waals surface area (Å²) in [5.41, 5.74) is 5.80. The fourth-order valence-electron chi connectivity index (χ4n) is 1.97. The maximum Gasteiger partial charge on any atom is 0.237 e. The maximum absolute atomic E-state index is 6.15. The van der Waals surface area contributed by atoms with E-state index in [2.05, 4.69) is 10.1 Å². The Morgan fingerprint density at radius 3 is 2.68 bits per heavy atom. The number of nitrogens with two attached hydrogens (primary N) is 1. The number of aromatic nitrogens is 2. The molecule has 1 aromatic heterocycles. The van der Waals surface area contributed by atoms with Gasteiger partial charge in [-0.05, 0) is 43.5 Å². The second kappa shape index (κ2) is 5.15. The summed E-state index contributed by atoms with van der Waals surface area (Å²) in [6.45, 7) is 0. The predicted octanol–water partition coefficient (Wildman–Crippen LogP) is 3.35. The quantitative estimate of drug-likeness (QED) is 0.876. The number of benzene rings is 1. The van der Waals surface area contributed by atoms with Crippen LogP contribution in [0.1, 0.15) is 31.0 Å². The van der Waals surface area contributed by atoms with Crippen LogP contribution in [0.4, 0.5) is 0 Å². The molecule has 1 aliphatic carbocycles. The Kier molecular flexibility index (Phi) is 3.52. The summed E-state index contributed by atoms with van der Waals surface area (Å²) >= 11 is 7.48. The molecular weight excluding hydrogens is 282 g/mol. The normalized spacial score (nSPS) is 17.2. The van der Waals surface area contributed by atoms with Crippen molar-refractivity contribution in [3.05, 3.63) is 41.0 Å². The first kappa shape index (κ1) is 13.0. The molecule has 0 aliphatic heterocycles. The smallest absolute Gasteiger partial charge is 0.237 e. The van der Waals surface area contributed by atoms with Gasteiger partial charge in [-0.3, -0.25) is 0 Å². The highest BCUT2D eigenvalue weighted by atomic mass is 35.5. The molecule has 1 heterocycles. The van der Waals surface area contributed by atoms with Crippen molar-refractivity contribution < 1.29 is 4.52 Å². The lowest BCUT2D eigenvalue weighted by Gasteiger charge is -2.34. The number of halogens is 1. The van der Waals surface area contributed by atoms with Crippen LogP contribution in [-0.2, 0) is 11.3 Å². The van der Waals surface area contributed by atoms with Gasteiger partial charge in [0.1, 0.15) is 0 Å². The van der Waals surface area contributed by atoms with Gasteiger partial charge in [0.05, 0.1) is 11.3 Å². The van der Waals surface area contributed by atoms with Gasteiger partial charge in [0.2, 0.25) is 5.89 Å². The molecule has 2 N–H and O–H groups in total. The second-order valence-corrected chi connectivity index (χ2v) is 6.25. The van der Waals surface area contributed by atoms with Crippen LogP contribution in [0.3, 0.4) is 0 Å². The van der Waals surface area contributed by atoms with E-state index in [4.69, 9.17) is 21.9 Å². The van der Waals surface area contributed by atoms with E-state index >= 15 is 0 Å². The Morgan fingerprint density at radius 1 is 1.32 bits per heavy atom. The predicted molar refractivity (Wildman–Crippen MR) is 75.0 cm³/mol. The van der Waals surface area contributed by atoms with E-state index in [1.54, 1.807) is 11.8 Å². The van der Waals surface area contributed by atoms with Crippen molar-refractivity contribution in [1.82, 2.24) is 10.1 Å².